The monoisotopic (exact) mass is 336 g/mol. The van der Waals surface area contributed by atoms with Crippen LogP contribution in [-0.4, -0.2) is 38.3 Å². The molecule has 0 atom stereocenters. The van der Waals surface area contributed by atoms with Gasteiger partial charge in [0.05, 0.1) is 12.9 Å². The van der Waals surface area contributed by atoms with E-state index >= 15 is 0 Å². The lowest BCUT2D eigenvalue weighted by Gasteiger charge is -2.00. The summed E-state index contributed by atoms with van der Waals surface area (Å²) in [5.74, 6) is 3.05. The van der Waals surface area contributed by atoms with Crippen LogP contribution in [0.5, 0.6) is 5.75 Å². The minimum Gasteiger partial charge on any atom is -0.481 e. The van der Waals surface area contributed by atoms with E-state index in [0.29, 0.717) is 18.2 Å². The number of carboxylic acids is 2. The third kappa shape index (κ3) is 8.14. The van der Waals surface area contributed by atoms with Gasteiger partial charge in [-0.1, -0.05) is 23.4 Å². The first-order valence-corrected chi connectivity index (χ1v) is 6.63. The molecule has 0 radical (unpaired) electrons. The van der Waals surface area contributed by atoms with Gasteiger partial charge >= 0.3 is 11.9 Å². The largest absolute Gasteiger partial charge is 0.481 e. The molecule has 0 bridgehead atoms. The van der Waals surface area contributed by atoms with Crippen LogP contribution >= 0.6 is 11.6 Å². The van der Waals surface area contributed by atoms with Crippen LogP contribution in [0.3, 0.4) is 0 Å². The zero-order valence-corrected chi connectivity index (χ0v) is 12.6. The zero-order chi connectivity index (χ0) is 17.1. The summed E-state index contributed by atoms with van der Waals surface area (Å²) in [4.78, 5) is 22.1. The van der Waals surface area contributed by atoms with Crippen LogP contribution in [0.2, 0.25) is 5.02 Å². The van der Waals surface area contributed by atoms with E-state index in [0.717, 1.165) is 5.75 Å². The summed E-state index contributed by atoms with van der Waals surface area (Å²) in [6.07, 6.45) is 5.33. The Labute approximate surface area is 137 Å². The zero-order valence-electron chi connectivity index (χ0n) is 11.8. The van der Waals surface area contributed by atoms with Crippen LogP contribution < -0.4 is 4.74 Å². The first-order valence-electron chi connectivity index (χ1n) is 6.25. The number of ether oxygens (including phenoxy) is 1. The molecule has 0 saturated carbocycles. The van der Waals surface area contributed by atoms with Gasteiger partial charge < -0.3 is 19.5 Å². The summed E-state index contributed by atoms with van der Waals surface area (Å²) in [6, 6.07) is 7.21. The third-order valence-electron chi connectivity index (χ3n) is 2.25. The van der Waals surface area contributed by atoms with Crippen molar-refractivity contribution in [3.05, 3.63) is 48.0 Å². The van der Waals surface area contributed by atoms with Gasteiger partial charge in [0.15, 0.2) is 0 Å². The topological polar surface area (TPSA) is 102 Å². The van der Waals surface area contributed by atoms with Gasteiger partial charge in [-0.25, -0.2) is 14.6 Å². The number of carbonyl (C=O) groups is 2. The predicted molar refractivity (Wildman–Crippen MR) is 82.2 cm³/mol. The second kappa shape index (κ2) is 9.87. The first-order chi connectivity index (χ1) is 11.0. The number of benzene rings is 1. The lowest BCUT2D eigenvalue weighted by atomic mass is 10.3. The molecule has 0 spiro atoms. The highest BCUT2D eigenvalue weighted by Crippen LogP contribution is 2.14. The summed E-state index contributed by atoms with van der Waals surface area (Å²) in [5.41, 5.74) is 0. The minimum absolute atomic E-state index is 0.371. The number of halogens is 1. The van der Waals surface area contributed by atoms with Crippen LogP contribution in [0.4, 0.5) is 0 Å². The summed E-state index contributed by atoms with van der Waals surface area (Å²) in [5, 5.41) is 15.5. The molecule has 1 aromatic carbocycles. The molecular formula is C15H13ClN2O5. The average Bonchev–Trinajstić information content (AvgIpc) is 3.02. The van der Waals surface area contributed by atoms with Gasteiger partial charge in [-0.3, -0.25) is 0 Å². The van der Waals surface area contributed by atoms with Crippen molar-refractivity contribution in [1.29, 1.82) is 0 Å². The number of rotatable bonds is 3. The van der Waals surface area contributed by atoms with E-state index in [1.54, 1.807) is 24.7 Å². The maximum absolute atomic E-state index is 9.10. The molecule has 7 nitrogen and oxygen atoms in total. The minimum atomic E-state index is -1.82. The van der Waals surface area contributed by atoms with E-state index in [-0.39, 0.29) is 0 Å². The number of nitrogens with zero attached hydrogens (tertiary/aromatic N) is 2. The standard InChI is InChI=1S/C13H11ClN2O.C2H2O4/c14-12-3-5-13(6-4-12)17-10-2-1-8-16-9-7-15-11-16;3-1(4)2(5)6/h3-7,9,11H,8,10H2;(H,3,4)(H,5,6). The maximum Gasteiger partial charge on any atom is 0.414 e. The van der Waals surface area contributed by atoms with Gasteiger partial charge in [0.25, 0.3) is 0 Å². The van der Waals surface area contributed by atoms with Gasteiger partial charge in [0, 0.05) is 17.4 Å². The summed E-state index contributed by atoms with van der Waals surface area (Å²) in [7, 11) is 0. The van der Waals surface area contributed by atoms with Crippen molar-refractivity contribution in [3.63, 3.8) is 0 Å². The molecule has 0 aliphatic heterocycles. The molecule has 0 unspecified atom stereocenters. The Morgan fingerprint density at radius 2 is 1.83 bits per heavy atom. The number of aromatic nitrogens is 2. The summed E-state index contributed by atoms with van der Waals surface area (Å²) < 4.78 is 7.32. The molecule has 2 N–H and O–H groups in total. The van der Waals surface area contributed by atoms with Crippen molar-refractivity contribution in [2.75, 3.05) is 6.61 Å². The Balaban J connectivity index is 0.000000379. The van der Waals surface area contributed by atoms with Crippen LogP contribution in [0, 0.1) is 11.8 Å². The Morgan fingerprint density at radius 3 is 2.35 bits per heavy atom. The summed E-state index contributed by atoms with van der Waals surface area (Å²) >= 11 is 5.76. The quantitative estimate of drug-likeness (QED) is 0.654. The second-order valence-electron chi connectivity index (χ2n) is 3.94. The molecule has 0 aliphatic carbocycles. The Bertz CT molecular complexity index is 675. The molecule has 2 rings (SSSR count). The normalized spacial score (nSPS) is 8.91. The fourth-order valence-electron chi connectivity index (χ4n) is 1.23. The average molecular weight is 337 g/mol. The van der Waals surface area contributed by atoms with Crippen LogP contribution in [0.25, 0.3) is 0 Å². The Kier molecular flexibility index (Phi) is 7.75. The summed E-state index contributed by atoms with van der Waals surface area (Å²) in [6.45, 7) is 1.00. The van der Waals surface area contributed by atoms with Crippen molar-refractivity contribution in [3.8, 4) is 17.6 Å². The molecule has 0 saturated heterocycles. The van der Waals surface area contributed by atoms with E-state index in [4.69, 9.17) is 36.1 Å². The molecular weight excluding hydrogens is 324 g/mol. The van der Waals surface area contributed by atoms with Gasteiger partial charge in [0.1, 0.15) is 12.4 Å². The molecule has 120 valence electrons. The Morgan fingerprint density at radius 1 is 1.17 bits per heavy atom. The van der Waals surface area contributed by atoms with Crippen LogP contribution in [0.1, 0.15) is 0 Å². The Hall–Kier alpha value is -2.98. The van der Waals surface area contributed by atoms with E-state index in [1.807, 2.05) is 22.9 Å². The highest BCUT2D eigenvalue weighted by Gasteiger charge is 2.04. The van der Waals surface area contributed by atoms with Crippen molar-refractivity contribution in [2.45, 2.75) is 6.54 Å². The predicted octanol–water partition coefficient (Wildman–Crippen LogP) is 1.77. The number of carboxylic acid groups (broad SMARTS) is 2. The fraction of sp³-hybridized carbons (Fsp3) is 0.133. The smallest absolute Gasteiger partial charge is 0.414 e. The number of imidazole rings is 1. The van der Waals surface area contributed by atoms with Crippen molar-refractivity contribution < 1.29 is 24.5 Å². The molecule has 0 fully saturated rings. The van der Waals surface area contributed by atoms with Gasteiger partial charge in [-0.2, -0.15) is 0 Å². The number of hydrogen-bond donors (Lipinski definition) is 2. The fourth-order valence-corrected chi connectivity index (χ4v) is 1.35. The van der Waals surface area contributed by atoms with E-state index < -0.39 is 11.9 Å². The highest BCUT2D eigenvalue weighted by atomic mass is 35.5. The molecule has 8 heteroatoms. The highest BCUT2D eigenvalue weighted by molar-refractivity contribution is 6.30. The van der Waals surface area contributed by atoms with Crippen molar-refractivity contribution in [2.24, 2.45) is 0 Å². The van der Waals surface area contributed by atoms with Gasteiger partial charge in [-0.05, 0) is 24.3 Å². The lowest BCUT2D eigenvalue weighted by Crippen LogP contribution is -2.09. The first kappa shape index (κ1) is 18.1. The van der Waals surface area contributed by atoms with Crippen molar-refractivity contribution >= 4 is 23.5 Å². The SMILES string of the molecule is Clc1ccc(OCC#CCn2ccnc2)cc1.O=C(O)C(=O)O. The molecule has 0 aliphatic rings. The molecule has 2 aromatic rings. The van der Waals surface area contributed by atoms with E-state index in [9.17, 15) is 0 Å². The van der Waals surface area contributed by atoms with Gasteiger partial charge in [0.2, 0.25) is 0 Å². The van der Waals surface area contributed by atoms with Crippen LogP contribution in [0.15, 0.2) is 43.0 Å². The van der Waals surface area contributed by atoms with E-state index in [2.05, 4.69) is 16.8 Å². The molecule has 1 aromatic heterocycles. The second-order valence-corrected chi connectivity index (χ2v) is 4.38. The van der Waals surface area contributed by atoms with Crippen LogP contribution in [-0.2, 0) is 16.1 Å². The third-order valence-corrected chi connectivity index (χ3v) is 2.51. The van der Waals surface area contributed by atoms with Gasteiger partial charge in [-0.15, -0.1) is 0 Å². The van der Waals surface area contributed by atoms with E-state index in [1.165, 1.54) is 0 Å². The number of hydrogen-bond acceptors (Lipinski definition) is 4. The molecule has 1 heterocycles. The van der Waals surface area contributed by atoms with Crippen molar-refractivity contribution in [1.82, 2.24) is 9.55 Å². The maximum atomic E-state index is 9.10. The molecule has 23 heavy (non-hydrogen) atoms. The lowest BCUT2D eigenvalue weighted by molar-refractivity contribution is -0.159. The molecule has 0 amide bonds. The number of aliphatic carboxylic acids is 2.